The van der Waals surface area contributed by atoms with E-state index in [2.05, 4.69) is 50.9 Å². The van der Waals surface area contributed by atoms with E-state index in [4.69, 9.17) is 4.74 Å². The van der Waals surface area contributed by atoms with Crippen LogP contribution in [0.1, 0.15) is 24.5 Å². The molecule has 1 aromatic carbocycles. The molecule has 0 aliphatic carbocycles. The van der Waals surface area contributed by atoms with Crippen LogP contribution in [0.15, 0.2) is 30.4 Å². The maximum atomic E-state index is 5.82. The summed E-state index contributed by atoms with van der Waals surface area (Å²) in [5, 5.41) is 3.32. The third-order valence-electron chi connectivity index (χ3n) is 2.63. The summed E-state index contributed by atoms with van der Waals surface area (Å²) in [5.74, 6) is 0.990. The molecule has 0 bridgehead atoms. The highest BCUT2D eigenvalue weighted by Gasteiger charge is 2.03. The van der Waals surface area contributed by atoms with Crippen molar-refractivity contribution in [2.75, 3.05) is 19.7 Å². The number of hydrogen-bond donors (Lipinski definition) is 1. The molecule has 2 heteroatoms. The van der Waals surface area contributed by atoms with E-state index in [1.807, 2.05) is 0 Å². The number of nitrogens with one attached hydrogen (secondary N) is 1. The van der Waals surface area contributed by atoms with Crippen LogP contribution in [0.25, 0.3) is 0 Å². The molecule has 17 heavy (non-hydrogen) atoms. The standard InChI is InChI=1S/C15H23NO/c1-5-9-16-10-12(2)11-17-15-13(3)7-6-8-14(15)4/h6-8,16H,2,5,9-11H2,1,3-4H3. The molecule has 0 aliphatic heterocycles. The van der Waals surface area contributed by atoms with Crippen molar-refractivity contribution >= 4 is 0 Å². The molecule has 0 radical (unpaired) electrons. The third kappa shape index (κ3) is 4.61. The van der Waals surface area contributed by atoms with Crippen LogP contribution in [0.5, 0.6) is 5.75 Å². The van der Waals surface area contributed by atoms with E-state index in [0.29, 0.717) is 6.61 Å². The predicted octanol–water partition coefficient (Wildman–Crippen LogP) is 3.24. The van der Waals surface area contributed by atoms with E-state index in [1.165, 1.54) is 11.1 Å². The minimum absolute atomic E-state index is 0.586. The van der Waals surface area contributed by atoms with Crippen LogP contribution < -0.4 is 10.1 Å². The van der Waals surface area contributed by atoms with Gasteiger partial charge in [0.1, 0.15) is 12.4 Å². The maximum Gasteiger partial charge on any atom is 0.125 e. The molecule has 2 nitrogen and oxygen atoms in total. The molecular weight excluding hydrogens is 210 g/mol. The lowest BCUT2D eigenvalue weighted by atomic mass is 10.1. The highest BCUT2D eigenvalue weighted by atomic mass is 16.5. The molecule has 1 N–H and O–H groups in total. The van der Waals surface area contributed by atoms with Gasteiger partial charge in [0.2, 0.25) is 0 Å². The zero-order chi connectivity index (χ0) is 12.7. The largest absolute Gasteiger partial charge is 0.489 e. The fraction of sp³-hybridized carbons (Fsp3) is 0.467. The highest BCUT2D eigenvalue weighted by Crippen LogP contribution is 2.22. The Balaban J connectivity index is 2.42. The molecule has 0 saturated carbocycles. The molecule has 1 aromatic rings. The van der Waals surface area contributed by atoms with Crippen LogP contribution in [0, 0.1) is 13.8 Å². The van der Waals surface area contributed by atoms with Gasteiger partial charge in [0.25, 0.3) is 0 Å². The van der Waals surface area contributed by atoms with E-state index < -0.39 is 0 Å². The zero-order valence-corrected chi connectivity index (χ0v) is 11.2. The third-order valence-corrected chi connectivity index (χ3v) is 2.63. The fourth-order valence-corrected chi connectivity index (χ4v) is 1.69. The van der Waals surface area contributed by atoms with Crippen LogP contribution in [0.3, 0.4) is 0 Å². The Morgan fingerprint density at radius 1 is 1.29 bits per heavy atom. The van der Waals surface area contributed by atoms with Crippen molar-refractivity contribution in [3.05, 3.63) is 41.5 Å². The second-order valence-corrected chi connectivity index (χ2v) is 4.44. The summed E-state index contributed by atoms with van der Waals surface area (Å²) in [6.45, 7) is 12.8. The van der Waals surface area contributed by atoms with Crippen LogP contribution >= 0.6 is 0 Å². The molecule has 0 atom stereocenters. The quantitative estimate of drug-likeness (QED) is 0.576. The summed E-state index contributed by atoms with van der Waals surface area (Å²) in [6, 6.07) is 6.19. The second-order valence-electron chi connectivity index (χ2n) is 4.44. The number of rotatable bonds is 7. The molecule has 0 fully saturated rings. The summed E-state index contributed by atoms with van der Waals surface area (Å²) in [4.78, 5) is 0. The Bertz CT molecular complexity index is 351. The van der Waals surface area contributed by atoms with Gasteiger partial charge in [-0.05, 0) is 43.5 Å². The van der Waals surface area contributed by atoms with Gasteiger partial charge in [0.15, 0.2) is 0 Å². The Kier molecular flexibility index (Phi) is 5.78. The predicted molar refractivity (Wildman–Crippen MR) is 73.7 cm³/mol. The normalized spacial score (nSPS) is 10.3. The van der Waals surface area contributed by atoms with Crippen molar-refractivity contribution in [1.29, 1.82) is 0 Å². The molecule has 0 saturated heterocycles. The summed E-state index contributed by atoms with van der Waals surface area (Å²) in [5.41, 5.74) is 3.44. The van der Waals surface area contributed by atoms with Crippen LogP contribution in [0.2, 0.25) is 0 Å². The topological polar surface area (TPSA) is 21.3 Å². The first-order valence-corrected chi connectivity index (χ1v) is 6.21. The summed E-state index contributed by atoms with van der Waals surface area (Å²) < 4.78 is 5.82. The molecule has 0 aromatic heterocycles. The van der Waals surface area contributed by atoms with Gasteiger partial charge in [-0.2, -0.15) is 0 Å². The first kappa shape index (κ1) is 13.8. The number of hydrogen-bond acceptors (Lipinski definition) is 2. The van der Waals surface area contributed by atoms with Gasteiger partial charge >= 0.3 is 0 Å². The maximum absolute atomic E-state index is 5.82. The molecule has 0 unspecified atom stereocenters. The Hall–Kier alpha value is -1.28. The molecule has 1 rings (SSSR count). The molecule has 0 aliphatic rings. The summed E-state index contributed by atoms with van der Waals surface area (Å²) >= 11 is 0. The summed E-state index contributed by atoms with van der Waals surface area (Å²) in [6.07, 6.45) is 1.14. The Labute approximate surface area is 105 Å². The Morgan fingerprint density at radius 2 is 1.94 bits per heavy atom. The minimum Gasteiger partial charge on any atom is -0.489 e. The van der Waals surface area contributed by atoms with E-state index in [-0.39, 0.29) is 0 Å². The number of para-hydroxylation sites is 1. The highest BCUT2D eigenvalue weighted by molar-refractivity contribution is 5.39. The first-order valence-electron chi connectivity index (χ1n) is 6.21. The van der Waals surface area contributed by atoms with Gasteiger partial charge in [0.05, 0.1) is 0 Å². The molecule has 94 valence electrons. The van der Waals surface area contributed by atoms with Crippen molar-refractivity contribution in [3.63, 3.8) is 0 Å². The lowest BCUT2D eigenvalue weighted by molar-refractivity contribution is 0.343. The Morgan fingerprint density at radius 3 is 2.53 bits per heavy atom. The van der Waals surface area contributed by atoms with E-state index in [9.17, 15) is 0 Å². The second kappa shape index (κ2) is 7.13. The SMILES string of the molecule is C=C(CNCCC)COc1c(C)cccc1C. The molecule has 0 spiro atoms. The monoisotopic (exact) mass is 233 g/mol. The van der Waals surface area contributed by atoms with Gasteiger partial charge in [-0.25, -0.2) is 0 Å². The van der Waals surface area contributed by atoms with E-state index in [0.717, 1.165) is 30.8 Å². The van der Waals surface area contributed by atoms with Gasteiger partial charge in [-0.1, -0.05) is 31.7 Å². The van der Waals surface area contributed by atoms with Gasteiger partial charge in [-0.3, -0.25) is 0 Å². The number of benzene rings is 1. The average Bonchev–Trinajstić information content (AvgIpc) is 2.29. The van der Waals surface area contributed by atoms with Gasteiger partial charge in [0, 0.05) is 6.54 Å². The first-order chi connectivity index (χ1) is 8.15. The van der Waals surface area contributed by atoms with Crippen molar-refractivity contribution in [1.82, 2.24) is 5.32 Å². The molecule has 0 heterocycles. The van der Waals surface area contributed by atoms with Crippen molar-refractivity contribution in [2.45, 2.75) is 27.2 Å². The minimum atomic E-state index is 0.586. The lowest BCUT2D eigenvalue weighted by Crippen LogP contribution is -2.20. The van der Waals surface area contributed by atoms with E-state index >= 15 is 0 Å². The van der Waals surface area contributed by atoms with Crippen molar-refractivity contribution < 1.29 is 4.74 Å². The van der Waals surface area contributed by atoms with Crippen molar-refractivity contribution in [3.8, 4) is 5.75 Å². The number of ether oxygens (including phenoxy) is 1. The lowest BCUT2D eigenvalue weighted by Gasteiger charge is -2.13. The van der Waals surface area contributed by atoms with Crippen LogP contribution in [-0.4, -0.2) is 19.7 Å². The smallest absolute Gasteiger partial charge is 0.125 e. The van der Waals surface area contributed by atoms with Gasteiger partial charge in [-0.15, -0.1) is 0 Å². The van der Waals surface area contributed by atoms with Crippen LogP contribution in [0.4, 0.5) is 0 Å². The molecule has 0 amide bonds. The van der Waals surface area contributed by atoms with Gasteiger partial charge < -0.3 is 10.1 Å². The average molecular weight is 233 g/mol. The fourth-order valence-electron chi connectivity index (χ4n) is 1.69. The van der Waals surface area contributed by atoms with E-state index in [1.54, 1.807) is 0 Å². The summed E-state index contributed by atoms with van der Waals surface area (Å²) in [7, 11) is 0. The van der Waals surface area contributed by atoms with Crippen LogP contribution in [-0.2, 0) is 0 Å². The zero-order valence-electron chi connectivity index (χ0n) is 11.2. The number of aryl methyl sites for hydroxylation is 2. The van der Waals surface area contributed by atoms with Crippen molar-refractivity contribution in [2.24, 2.45) is 0 Å². The molecular formula is C15H23NO.